The number of nitrogens with one attached hydrogen (secondary N) is 1. The van der Waals surface area contributed by atoms with Gasteiger partial charge in [0.05, 0.1) is 12.3 Å². The van der Waals surface area contributed by atoms with Gasteiger partial charge in [-0.25, -0.2) is 4.39 Å². The van der Waals surface area contributed by atoms with Crippen LogP contribution in [0.3, 0.4) is 0 Å². The molecule has 1 aromatic carbocycles. The lowest BCUT2D eigenvalue weighted by Gasteiger charge is -2.15. The van der Waals surface area contributed by atoms with Gasteiger partial charge < -0.3 is 9.73 Å². The summed E-state index contributed by atoms with van der Waals surface area (Å²) in [7, 11) is 1.79. The topological polar surface area (TPSA) is 25.2 Å². The van der Waals surface area contributed by atoms with E-state index in [0.29, 0.717) is 16.9 Å². The van der Waals surface area contributed by atoms with E-state index in [2.05, 4.69) is 5.32 Å². The predicted octanol–water partition coefficient (Wildman–Crippen LogP) is 3.04. The minimum absolute atomic E-state index is 0.182. The van der Waals surface area contributed by atoms with Gasteiger partial charge in [0.1, 0.15) is 11.6 Å². The summed E-state index contributed by atoms with van der Waals surface area (Å²) in [4.78, 5) is 0. The van der Waals surface area contributed by atoms with Crippen molar-refractivity contribution in [2.45, 2.75) is 13.0 Å². The first-order valence-corrected chi connectivity index (χ1v) is 5.19. The Kier molecular flexibility index (Phi) is 3.06. The number of benzene rings is 1. The molecule has 1 atom stereocenters. The number of rotatable bonds is 3. The second kappa shape index (κ2) is 4.49. The van der Waals surface area contributed by atoms with Gasteiger partial charge in [0.15, 0.2) is 0 Å². The smallest absolute Gasteiger partial charge is 0.131 e. The fourth-order valence-electron chi connectivity index (χ4n) is 1.80. The molecule has 16 heavy (non-hydrogen) atoms. The van der Waals surface area contributed by atoms with Crippen LogP contribution in [0.1, 0.15) is 22.9 Å². The predicted molar refractivity (Wildman–Crippen MR) is 60.7 cm³/mol. The fraction of sp³-hybridized carbons (Fsp3) is 0.231. The molecule has 1 aromatic heterocycles. The molecule has 0 aliphatic heterocycles. The molecule has 0 aliphatic rings. The summed E-state index contributed by atoms with van der Waals surface area (Å²) < 4.78 is 19.3. The molecule has 2 aromatic rings. The highest BCUT2D eigenvalue weighted by Crippen LogP contribution is 2.25. The van der Waals surface area contributed by atoms with Crippen LogP contribution in [0.15, 0.2) is 41.0 Å². The normalized spacial score (nSPS) is 12.7. The Morgan fingerprint density at radius 1 is 1.25 bits per heavy atom. The van der Waals surface area contributed by atoms with Crippen molar-refractivity contribution in [1.82, 2.24) is 5.32 Å². The summed E-state index contributed by atoms with van der Waals surface area (Å²) in [5, 5.41) is 3.06. The summed E-state index contributed by atoms with van der Waals surface area (Å²) >= 11 is 0. The summed E-state index contributed by atoms with van der Waals surface area (Å²) in [5.41, 5.74) is 1.25. The van der Waals surface area contributed by atoms with Crippen LogP contribution in [0.4, 0.5) is 4.39 Å². The van der Waals surface area contributed by atoms with E-state index in [1.54, 1.807) is 38.4 Å². The minimum Gasteiger partial charge on any atom is -0.467 e. The Labute approximate surface area is 94.1 Å². The molecular weight excluding hydrogens is 205 g/mol. The Morgan fingerprint density at radius 2 is 2.06 bits per heavy atom. The average Bonchev–Trinajstić information content (AvgIpc) is 2.79. The van der Waals surface area contributed by atoms with Crippen molar-refractivity contribution >= 4 is 0 Å². The monoisotopic (exact) mass is 219 g/mol. The third-order valence-corrected chi connectivity index (χ3v) is 2.65. The SMILES string of the molecule is CNC(c1ccco1)c1cccc(C)c1F. The Hall–Kier alpha value is -1.61. The standard InChI is InChI=1S/C13H14FNO/c1-9-5-3-6-10(12(9)14)13(15-2)11-7-4-8-16-11/h3-8,13,15H,1-2H3. The number of hydrogen-bond acceptors (Lipinski definition) is 2. The lowest BCUT2D eigenvalue weighted by atomic mass is 10.0. The van der Waals surface area contributed by atoms with Crippen molar-refractivity contribution in [1.29, 1.82) is 0 Å². The Morgan fingerprint density at radius 3 is 2.69 bits per heavy atom. The average molecular weight is 219 g/mol. The molecule has 0 amide bonds. The van der Waals surface area contributed by atoms with E-state index in [1.807, 2.05) is 12.1 Å². The van der Waals surface area contributed by atoms with Crippen molar-refractivity contribution in [3.63, 3.8) is 0 Å². The molecule has 1 heterocycles. The van der Waals surface area contributed by atoms with E-state index in [-0.39, 0.29) is 11.9 Å². The highest BCUT2D eigenvalue weighted by Gasteiger charge is 2.19. The van der Waals surface area contributed by atoms with E-state index in [0.717, 1.165) is 0 Å². The Balaban J connectivity index is 2.45. The zero-order chi connectivity index (χ0) is 11.5. The maximum Gasteiger partial charge on any atom is 0.131 e. The van der Waals surface area contributed by atoms with Crippen molar-refractivity contribution in [3.05, 3.63) is 59.3 Å². The molecule has 2 nitrogen and oxygen atoms in total. The van der Waals surface area contributed by atoms with Gasteiger partial charge in [-0.3, -0.25) is 0 Å². The molecule has 0 spiro atoms. The van der Waals surface area contributed by atoms with Gasteiger partial charge in [-0.15, -0.1) is 0 Å². The number of hydrogen-bond donors (Lipinski definition) is 1. The van der Waals surface area contributed by atoms with E-state index < -0.39 is 0 Å². The van der Waals surface area contributed by atoms with Gasteiger partial charge in [0.2, 0.25) is 0 Å². The van der Waals surface area contributed by atoms with Crippen molar-refractivity contribution in [2.24, 2.45) is 0 Å². The summed E-state index contributed by atoms with van der Waals surface area (Å²) in [5.74, 6) is 0.533. The van der Waals surface area contributed by atoms with E-state index in [4.69, 9.17) is 4.42 Å². The number of aryl methyl sites for hydroxylation is 1. The highest BCUT2D eigenvalue weighted by molar-refractivity contribution is 5.31. The van der Waals surface area contributed by atoms with E-state index >= 15 is 0 Å². The molecule has 1 N–H and O–H groups in total. The van der Waals surface area contributed by atoms with Gasteiger partial charge in [-0.05, 0) is 31.7 Å². The lowest BCUT2D eigenvalue weighted by molar-refractivity contribution is 0.452. The molecule has 3 heteroatoms. The zero-order valence-corrected chi connectivity index (χ0v) is 9.33. The molecule has 0 aliphatic carbocycles. The van der Waals surface area contributed by atoms with Gasteiger partial charge in [0.25, 0.3) is 0 Å². The largest absolute Gasteiger partial charge is 0.467 e. The fourth-order valence-corrected chi connectivity index (χ4v) is 1.80. The van der Waals surface area contributed by atoms with Crippen molar-refractivity contribution < 1.29 is 8.81 Å². The van der Waals surface area contributed by atoms with Gasteiger partial charge >= 0.3 is 0 Å². The maximum absolute atomic E-state index is 13.9. The molecule has 0 radical (unpaired) electrons. The molecule has 2 rings (SSSR count). The van der Waals surface area contributed by atoms with Crippen molar-refractivity contribution in [3.8, 4) is 0 Å². The van der Waals surface area contributed by atoms with Crippen molar-refractivity contribution in [2.75, 3.05) is 7.05 Å². The van der Waals surface area contributed by atoms with Gasteiger partial charge in [-0.2, -0.15) is 0 Å². The minimum atomic E-state index is -0.241. The van der Waals surface area contributed by atoms with Crippen LogP contribution in [-0.2, 0) is 0 Å². The second-order valence-corrected chi connectivity index (χ2v) is 3.72. The summed E-state index contributed by atoms with van der Waals surface area (Å²) in [6, 6.07) is 8.77. The van der Waals surface area contributed by atoms with E-state index in [9.17, 15) is 4.39 Å². The first kappa shape index (κ1) is 10.9. The van der Waals surface area contributed by atoms with Gasteiger partial charge in [-0.1, -0.05) is 18.2 Å². The molecule has 0 saturated carbocycles. The molecular formula is C13H14FNO. The zero-order valence-electron chi connectivity index (χ0n) is 9.33. The Bertz CT molecular complexity index is 465. The van der Waals surface area contributed by atoms with Crippen LogP contribution in [0.5, 0.6) is 0 Å². The molecule has 0 fully saturated rings. The quantitative estimate of drug-likeness (QED) is 0.858. The van der Waals surface area contributed by atoms with Crippen LogP contribution >= 0.6 is 0 Å². The molecule has 0 bridgehead atoms. The van der Waals surface area contributed by atoms with Crippen LogP contribution < -0.4 is 5.32 Å². The molecule has 84 valence electrons. The molecule has 1 unspecified atom stereocenters. The van der Waals surface area contributed by atoms with E-state index in [1.165, 1.54) is 0 Å². The second-order valence-electron chi connectivity index (χ2n) is 3.72. The van der Waals surface area contributed by atoms with Crippen LogP contribution in [-0.4, -0.2) is 7.05 Å². The summed E-state index contributed by atoms with van der Waals surface area (Å²) in [6.45, 7) is 1.76. The van der Waals surface area contributed by atoms with Crippen LogP contribution in [0.25, 0.3) is 0 Å². The third kappa shape index (κ3) is 1.86. The molecule has 0 saturated heterocycles. The summed E-state index contributed by atoms with van der Waals surface area (Å²) in [6.07, 6.45) is 1.59. The third-order valence-electron chi connectivity index (χ3n) is 2.65. The van der Waals surface area contributed by atoms with Crippen LogP contribution in [0.2, 0.25) is 0 Å². The highest BCUT2D eigenvalue weighted by atomic mass is 19.1. The first-order chi connectivity index (χ1) is 7.74. The lowest BCUT2D eigenvalue weighted by Crippen LogP contribution is -2.18. The van der Waals surface area contributed by atoms with Gasteiger partial charge in [0, 0.05) is 5.56 Å². The number of furan rings is 1. The maximum atomic E-state index is 13.9. The number of halogens is 1. The van der Waals surface area contributed by atoms with Crippen LogP contribution in [0, 0.1) is 12.7 Å². The first-order valence-electron chi connectivity index (χ1n) is 5.19.